The molecule has 258 valence electrons. The molecule has 43 heavy (non-hydrogen) atoms. The quantitative estimate of drug-likeness (QED) is 0.131. The lowest BCUT2D eigenvalue weighted by Gasteiger charge is -2.37. The van der Waals surface area contributed by atoms with E-state index >= 15 is 0 Å². The molecule has 0 aromatic rings. The Morgan fingerprint density at radius 2 is 0.953 bits per heavy atom. The summed E-state index contributed by atoms with van der Waals surface area (Å²) in [6.07, 6.45) is -21.0. The molecule has 0 aliphatic carbocycles. The summed E-state index contributed by atoms with van der Waals surface area (Å²) in [5.74, 6) is -33.0. The number of hydrogen-bond donors (Lipinski definition) is 0. The molecule has 7 nitrogen and oxygen atoms in total. The van der Waals surface area contributed by atoms with Gasteiger partial charge in [0.25, 0.3) is 0 Å². The number of halogens is 18. The molecule has 1 heterocycles. The second-order valence-electron chi connectivity index (χ2n) is 8.36. The van der Waals surface area contributed by atoms with Crippen molar-refractivity contribution in [1.29, 1.82) is 0 Å². The molecule has 0 spiro atoms. The van der Waals surface area contributed by atoms with Crippen molar-refractivity contribution >= 4 is 19.7 Å². The zero-order valence-corrected chi connectivity index (χ0v) is 21.7. The third kappa shape index (κ3) is 6.45. The van der Waals surface area contributed by atoms with Crippen molar-refractivity contribution in [3.8, 4) is 0 Å². The van der Waals surface area contributed by atoms with Gasteiger partial charge in [-0.05, 0) is 6.92 Å². The van der Waals surface area contributed by atoms with Gasteiger partial charge in [0, 0.05) is 6.42 Å². The molecule has 1 rings (SSSR count). The van der Waals surface area contributed by atoms with Crippen LogP contribution in [0, 0.1) is 0 Å². The van der Waals surface area contributed by atoms with Crippen LogP contribution in [0.3, 0.4) is 0 Å². The normalized spacial score (nSPS) is 19.6. The predicted molar refractivity (Wildman–Crippen MR) is 99.1 cm³/mol. The van der Waals surface area contributed by atoms with E-state index in [-0.39, 0.29) is 6.61 Å². The molecular weight excluding hydrogens is 710 g/mol. The average molecular weight is 724 g/mol. The molecule has 2 unspecified atom stereocenters. The number of sulfone groups is 2. The van der Waals surface area contributed by atoms with E-state index in [1.165, 1.54) is 0 Å². The Hall–Kier alpha value is -1.48. The fourth-order valence-corrected chi connectivity index (χ4v) is 7.18. The highest BCUT2D eigenvalue weighted by atomic mass is 32.3. The van der Waals surface area contributed by atoms with Crippen LogP contribution in [-0.4, -0.2) is 100 Å². The summed E-state index contributed by atoms with van der Waals surface area (Å²) in [7, 11) is -17.5. The Bertz CT molecular complexity index is 1130. The topological polar surface area (TPSA) is 99.3 Å². The van der Waals surface area contributed by atoms with E-state index in [2.05, 4.69) is 9.47 Å². The second-order valence-corrected chi connectivity index (χ2v) is 13.0. The summed E-state index contributed by atoms with van der Waals surface area (Å²) >= 11 is 0. The summed E-state index contributed by atoms with van der Waals surface area (Å²) in [5, 5.41) is -16.4. The molecule has 1 aliphatic heterocycles. The SMILES string of the molecule is CC(OCCC(S(=O)(=O)C(F)(F)C(F)(F)C(F)(F)C(F)(F)F)S(=O)(=O)C(F)(F)C(F)(F)C(F)(F)C(F)(F)F)OCC1CO1. The minimum atomic E-state index is -8.73. The van der Waals surface area contributed by atoms with E-state index in [1.54, 1.807) is 0 Å². The van der Waals surface area contributed by atoms with Gasteiger partial charge in [-0.3, -0.25) is 0 Å². The summed E-state index contributed by atoms with van der Waals surface area (Å²) < 4.78 is 296. The summed E-state index contributed by atoms with van der Waals surface area (Å²) in [4.78, 5) is 0. The van der Waals surface area contributed by atoms with Crippen molar-refractivity contribution < 1.29 is 110 Å². The van der Waals surface area contributed by atoms with E-state index < -0.39 is 103 Å². The Morgan fingerprint density at radius 1 is 0.628 bits per heavy atom. The van der Waals surface area contributed by atoms with Gasteiger partial charge < -0.3 is 14.2 Å². The number of rotatable bonds is 15. The van der Waals surface area contributed by atoms with Crippen molar-refractivity contribution in [1.82, 2.24) is 0 Å². The van der Waals surface area contributed by atoms with Crippen LogP contribution in [0.15, 0.2) is 0 Å². The Labute approximate surface area is 227 Å². The molecule has 0 bridgehead atoms. The molecule has 27 heteroatoms. The molecule has 0 amide bonds. The van der Waals surface area contributed by atoms with Gasteiger partial charge in [-0.15, -0.1) is 0 Å². The first kappa shape index (κ1) is 39.5. The summed E-state index contributed by atoms with van der Waals surface area (Å²) in [5.41, 5.74) is 0. The van der Waals surface area contributed by atoms with E-state index in [0.717, 1.165) is 6.92 Å². The molecular formula is C16H14F18O7S2. The lowest BCUT2D eigenvalue weighted by atomic mass is 10.1. The van der Waals surface area contributed by atoms with Gasteiger partial charge >= 0.3 is 46.6 Å². The van der Waals surface area contributed by atoms with Gasteiger partial charge in [0.05, 0.1) is 19.8 Å². The number of alkyl halides is 18. The molecule has 0 aromatic heterocycles. The molecule has 0 aromatic carbocycles. The molecule has 1 saturated heterocycles. The fourth-order valence-electron chi connectivity index (χ4n) is 2.67. The van der Waals surface area contributed by atoms with Gasteiger partial charge in [0.1, 0.15) is 6.10 Å². The van der Waals surface area contributed by atoms with Crippen molar-refractivity contribution in [3.63, 3.8) is 0 Å². The van der Waals surface area contributed by atoms with E-state index in [0.29, 0.717) is 0 Å². The molecule has 1 aliphatic rings. The van der Waals surface area contributed by atoms with Gasteiger partial charge in [-0.1, -0.05) is 0 Å². The van der Waals surface area contributed by atoms with E-state index in [1.807, 2.05) is 0 Å². The zero-order valence-electron chi connectivity index (χ0n) is 20.0. The van der Waals surface area contributed by atoms with Crippen LogP contribution in [0.4, 0.5) is 79.0 Å². The minimum Gasteiger partial charge on any atom is -0.371 e. The first-order chi connectivity index (χ1) is 18.6. The van der Waals surface area contributed by atoms with E-state index in [4.69, 9.17) is 4.74 Å². The van der Waals surface area contributed by atoms with Crippen LogP contribution in [0.2, 0.25) is 0 Å². The smallest absolute Gasteiger partial charge is 0.371 e. The van der Waals surface area contributed by atoms with Crippen LogP contribution >= 0.6 is 0 Å². The third-order valence-electron chi connectivity index (χ3n) is 5.26. The third-order valence-corrected chi connectivity index (χ3v) is 10.6. The standard InChI is InChI=1S/C16H14F18O7S2/c1-6(40-4-7-5-41-7)39-3-2-8(42(35,36)15(31,32)11(21,22)9(17,18)13(25,26)27)43(37,38)16(33,34)12(23,24)10(19,20)14(28,29)30/h6-8H,2-5H2,1H3. The molecule has 2 atom stereocenters. The summed E-state index contributed by atoms with van der Waals surface area (Å²) in [6.45, 7) is -1.68. The van der Waals surface area contributed by atoms with E-state index in [9.17, 15) is 95.9 Å². The lowest BCUT2D eigenvalue weighted by molar-refractivity contribution is -0.382. The lowest BCUT2D eigenvalue weighted by Crippen LogP contribution is -2.68. The van der Waals surface area contributed by atoms with Crippen molar-refractivity contribution in [2.75, 3.05) is 19.8 Å². The highest BCUT2D eigenvalue weighted by Crippen LogP contribution is 2.59. The minimum absolute atomic E-state index is 0.0585. The largest absolute Gasteiger partial charge is 0.460 e. The number of epoxide rings is 1. The summed E-state index contributed by atoms with van der Waals surface area (Å²) in [6, 6.07) is 0. The van der Waals surface area contributed by atoms with Crippen molar-refractivity contribution in [2.24, 2.45) is 0 Å². The molecule has 1 fully saturated rings. The average Bonchev–Trinajstić information content (AvgIpc) is 3.62. The predicted octanol–water partition coefficient (Wildman–Crippen LogP) is 5.16. The first-order valence-corrected chi connectivity index (χ1v) is 13.4. The van der Waals surface area contributed by atoms with Crippen LogP contribution in [0.5, 0.6) is 0 Å². The maximum Gasteiger partial charge on any atom is 0.460 e. The van der Waals surface area contributed by atoms with Gasteiger partial charge in [0.2, 0.25) is 19.7 Å². The first-order valence-electron chi connectivity index (χ1n) is 10.3. The number of ether oxygens (including phenoxy) is 3. The molecule has 0 N–H and O–H groups in total. The molecule has 0 radical (unpaired) electrons. The highest BCUT2D eigenvalue weighted by molar-refractivity contribution is 8.10. The maximum absolute atomic E-state index is 14.3. The fraction of sp³-hybridized carbons (Fsp3) is 1.00. The van der Waals surface area contributed by atoms with Crippen molar-refractivity contribution in [3.05, 3.63) is 0 Å². The van der Waals surface area contributed by atoms with Crippen LogP contribution in [-0.2, 0) is 33.9 Å². The maximum atomic E-state index is 14.3. The van der Waals surface area contributed by atoms with Gasteiger partial charge in [0.15, 0.2) is 10.9 Å². The highest BCUT2D eigenvalue weighted by Gasteiger charge is 2.89. The molecule has 0 saturated carbocycles. The van der Waals surface area contributed by atoms with Crippen LogP contribution < -0.4 is 0 Å². The number of hydrogen-bond acceptors (Lipinski definition) is 7. The Balaban J connectivity index is 3.82. The zero-order chi connectivity index (χ0) is 34.7. The second kappa shape index (κ2) is 11.4. The monoisotopic (exact) mass is 724 g/mol. The van der Waals surface area contributed by atoms with Crippen molar-refractivity contribution in [2.45, 2.75) is 76.9 Å². The van der Waals surface area contributed by atoms with Crippen LogP contribution in [0.1, 0.15) is 13.3 Å². The van der Waals surface area contributed by atoms with Gasteiger partial charge in [-0.2, -0.15) is 79.0 Å². The van der Waals surface area contributed by atoms with Crippen LogP contribution in [0.25, 0.3) is 0 Å². The Morgan fingerprint density at radius 3 is 1.23 bits per heavy atom. The Kier molecular flexibility index (Phi) is 10.5. The van der Waals surface area contributed by atoms with Gasteiger partial charge in [-0.25, -0.2) is 16.8 Å².